The topological polar surface area (TPSA) is 29.3 Å². The molecular weight excluding hydrogens is 275 g/mol. The predicted octanol–water partition coefficient (Wildman–Crippen LogP) is 3.62. The molecule has 20 heavy (non-hydrogen) atoms. The van der Waals surface area contributed by atoms with E-state index >= 15 is 0 Å². The SMILES string of the molecule is Nc1cccc2c1CN(Cc1cc(F)ccc1Cl)CC2. The zero-order valence-corrected chi connectivity index (χ0v) is 11.8. The van der Waals surface area contributed by atoms with Crippen molar-refractivity contribution in [2.24, 2.45) is 0 Å². The molecule has 4 heteroatoms. The van der Waals surface area contributed by atoms with Gasteiger partial charge in [-0.05, 0) is 47.4 Å². The number of anilines is 1. The third-order valence-corrected chi connectivity index (χ3v) is 4.16. The molecule has 2 N–H and O–H groups in total. The van der Waals surface area contributed by atoms with Gasteiger partial charge in [0.2, 0.25) is 0 Å². The first-order valence-electron chi connectivity index (χ1n) is 6.66. The molecule has 0 radical (unpaired) electrons. The summed E-state index contributed by atoms with van der Waals surface area (Å²) in [6.07, 6.45) is 0.966. The number of hydrogen-bond donors (Lipinski definition) is 1. The van der Waals surface area contributed by atoms with Crippen molar-refractivity contribution >= 4 is 17.3 Å². The van der Waals surface area contributed by atoms with Gasteiger partial charge >= 0.3 is 0 Å². The molecule has 0 fully saturated rings. The summed E-state index contributed by atoms with van der Waals surface area (Å²) in [4.78, 5) is 2.25. The lowest BCUT2D eigenvalue weighted by molar-refractivity contribution is 0.246. The second kappa shape index (κ2) is 5.43. The normalized spacial score (nSPS) is 15.1. The number of hydrogen-bond acceptors (Lipinski definition) is 2. The maximum Gasteiger partial charge on any atom is 0.123 e. The maximum atomic E-state index is 13.3. The molecule has 0 atom stereocenters. The fraction of sp³-hybridized carbons (Fsp3) is 0.250. The Morgan fingerprint density at radius 3 is 2.95 bits per heavy atom. The first-order valence-corrected chi connectivity index (χ1v) is 7.04. The zero-order chi connectivity index (χ0) is 14.1. The fourth-order valence-electron chi connectivity index (χ4n) is 2.70. The van der Waals surface area contributed by atoms with Gasteiger partial charge < -0.3 is 5.73 Å². The lowest BCUT2D eigenvalue weighted by Gasteiger charge is -2.29. The minimum absolute atomic E-state index is 0.249. The van der Waals surface area contributed by atoms with Crippen molar-refractivity contribution in [2.75, 3.05) is 12.3 Å². The van der Waals surface area contributed by atoms with E-state index in [9.17, 15) is 4.39 Å². The number of fused-ring (bicyclic) bond motifs is 1. The minimum atomic E-state index is -0.249. The van der Waals surface area contributed by atoms with E-state index < -0.39 is 0 Å². The van der Waals surface area contributed by atoms with Crippen LogP contribution in [0.15, 0.2) is 36.4 Å². The van der Waals surface area contributed by atoms with Gasteiger partial charge in [0.1, 0.15) is 5.82 Å². The highest BCUT2D eigenvalue weighted by Crippen LogP contribution is 2.27. The van der Waals surface area contributed by atoms with Crippen LogP contribution in [0.4, 0.5) is 10.1 Å². The van der Waals surface area contributed by atoms with Gasteiger partial charge in [0.25, 0.3) is 0 Å². The summed E-state index contributed by atoms with van der Waals surface area (Å²) in [6, 6.07) is 10.5. The maximum absolute atomic E-state index is 13.3. The van der Waals surface area contributed by atoms with Gasteiger partial charge in [-0.15, -0.1) is 0 Å². The van der Waals surface area contributed by atoms with Crippen molar-refractivity contribution in [3.63, 3.8) is 0 Å². The van der Waals surface area contributed by atoms with Gasteiger partial charge in [0, 0.05) is 30.3 Å². The lowest BCUT2D eigenvalue weighted by atomic mass is 9.98. The molecule has 1 aliphatic rings. The monoisotopic (exact) mass is 290 g/mol. The Labute approximate surface area is 123 Å². The number of halogens is 2. The first-order chi connectivity index (χ1) is 9.63. The van der Waals surface area contributed by atoms with Crippen LogP contribution in [-0.2, 0) is 19.5 Å². The number of rotatable bonds is 2. The van der Waals surface area contributed by atoms with Crippen molar-refractivity contribution < 1.29 is 4.39 Å². The Kier molecular flexibility index (Phi) is 3.64. The van der Waals surface area contributed by atoms with Crippen LogP contribution >= 0.6 is 11.6 Å². The van der Waals surface area contributed by atoms with Crippen LogP contribution in [0.25, 0.3) is 0 Å². The molecular formula is C16H16ClFN2. The van der Waals surface area contributed by atoms with Crippen molar-refractivity contribution in [1.82, 2.24) is 4.90 Å². The van der Waals surface area contributed by atoms with Crippen molar-refractivity contribution in [3.05, 3.63) is 63.9 Å². The number of nitrogens with two attached hydrogens (primary N) is 1. The lowest BCUT2D eigenvalue weighted by Crippen LogP contribution is -2.30. The van der Waals surface area contributed by atoms with E-state index in [1.54, 1.807) is 6.07 Å². The Bertz CT molecular complexity index is 642. The van der Waals surface area contributed by atoms with Crippen LogP contribution in [0.2, 0.25) is 5.02 Å². The van der Waals surface area contributed by atoms with Gasteiger partial charge in [-0.25, -0.2) is 4.39 Å². The molecule has 0 amide bonds. The third kappa shape index (κ3) is 2.65. The molecule has 0 unspecified atom stereocenters. The molecule has 3 rings (SSSR count). The third-order valence-electron chi connectivity index (χ3n) is 3.79. The highest BCUT2D eigenvalue weighted by atomic mass is 35.5. The molecule has 1 heterocycles. The predicted molar refractivity (Wildman–Crippen MR) is 80.1 cm³/mol. The van der Waals surface area contributed by atoms with Crippen molar-refractivity contribution in [1.29, 1.82) is 0 Å². The number of nitrogen functional groups attached to an aromatic ring is 1. The van der Waals surface area contributed by atoms with Gasteiger partial charge in [-0.1, -0.05) is 23.7 Å². The van der Waals surface area contributed by atoms with E-state index in [0.717, 1.165) is 30.8 Å². The summed E-state index contributed by atoms with van der Waals surface area (Å²) in [7, 11) is 0. The van der Waals surface area contributed by atoms with Crippen LogP contribution in [0.1, 0.15) is 16.7 Å². The van der Waals surface area contributed by atoms with E-state index in [1.165, 1.54) is 23.3 Å². The zero-order valence-electron chi connectivity index (χ0n) is 11.1. The second-order valence-electron chi connectivity index (χ2n) is 5.18. The summed E-state index contributed by atoms with van der Waals surface area (Å²) in [6.45, 7) is 2.36. The Morgan fingerprint density at radius 2 is 2.10 bits per heavy atom. The van der Waals surface area contributed by atoms with E-state index in [1.807, 2.05) is 12.1 Å². The first kappa shape index (κ1) is 13.4. The second-order valence-corrected chi connectivity index (χ2v) is 5.59. The summed E-state index contributed by atoms with van der Waals surface area (Å²) in [5.41, 5.74) is 10.2. The van der Waals surface area contributed by atoms with Crippen molar-refractivity contribution in [2.45, 2.75) is 19.5 Å². The summed E-state index contributed by atoms with van der Waals surface area (Å²) < 4.78 is 13.3. The summed E-state index contributed by atoms with van der Waals surface area (Å²) in [5.74, 6) is -0.249. The van der Waals surface area contributed by atoms with Gasteiger partial charge in [0.05, 0.1) is 0 Å². The van der Waals surface area contributed by atoms with Gasteiger partial charge in [-0.3, -0.25) is 4.90 Å². The molecule has 0 aliphatic carbocycles. The van der Waals surface area contributed by atoms with Crippen LogP contribution in [0.3, 0.4) is 0 Å². The Balaban J connectivity index is 1.81. The van der Waals surface area contributed by atoms with E-state index in [4.69, 9.17) is 17.3 Å². The average Bonchev–Trinajstić information content (AvgIpc) is 2.44. The highest BCUT2D eigenvalue weighted by molar-refractivity contribution is 6.31. The highest BCUT2D eigenvalue weighted by Gasteiger charge is 2.19. The Morgan fingerprint density at radius 1 is 1.25 bits per heavy atom. The molecule has 0 spiro atoms. The molecule has 0 saturated carbocycles. The van der Waals surface area contributed by atoms with E-state index in [0.29, 0.717) is 11.6 Å². The molecule has 0 aromatic heterocycles. The van der Waals surface area contributed by atoms with E-state index in [2.05, 4.69) is 11.0 Å². The summed E-state index contributed by atoms with van der Waals surface area (Å²) in [5, 5.41) is 0.609. The molecule has 1 aliphatic heterocycles. The van der Waals surface area contributed by atoms with Gasteiger partial charge in [0.15, 0.2) is 0 Å². The fourth-order valence-corrected chi connectivity index (χ4v) is 2.88. The number of nitrogens with zero attached hydrogens (tertiary/aromatic N) is 1. The standard InChI is InChI=1S/C16H16ClFN2/c17-15-5-4-13(18)8-12(15)9-20-7-6-11-2-1-3-16(19)14(11)10-20/h1-5,8H,6-7,9-10,19H2. The largest absolute Gasteiger partial charge is 0.398 e. The van der Waals surface area contributed by atoms with Crippen LogP contribution in [0, 0.1) is 5.82 Å². The Hall–Kier alpha value is -1.58. The molecule has 2 aromatic rings. The van der Waals surface area contributed by atoms with Gasteiger partial charge in [-0.2, -0.15) is 0 Å². The smallest absolute Gasteiger partial charge is 0.123 e. The van der Waals surface area contributed by atoms with Crippen LogP contribution in [-0.4, -0.2) is 11.4 Å². The molecule has 104 valence electrons. The van der Waals surface area contributed by atoms with E-state index in [-0.39, 0.29) is 5.82 Å². The average molecular weight is 291 g/mol. The number of benzene rings is 2. The summed E-state index contributed by atoms with van der Waals surface area (Å²) >= 11 is 6.13. The molecule has 2 aromatic carbocycles. The molecule has 0 saturated heterocycles. The van der Waals surface area contributed by atoms with Crippen LogP contribution in [0.5, 0.6) is 0 Å². The van der Waals surface area contributed by atoms with Crippen molar-refractivity contribution in [3.8, 4) is 0 Å². The molecule has 2 nitrogen and oxygen atoms in total. The van der Waals surface area contributed by atoms with Crippen LogP contribution < -0.4 is 5.73 Å². The quantitative estimate of drug-likeness (QED) is 0.856. The minimum Gasteiger partial charge on any atom is -0.398 e. The molecule has 0 bridgehead atoms.